The summed E-state index contributed by atoms with van der Waals surface area (Å²) in [4.78, 5) is 8.83. The molecule has 0 radical (unpaired) electrons. The Morgan fingerprint density at radius 1 is 1.39 bits per heavy atom. The van der Waals surface area contributed by atoms with Crippen LogP contribution in [0.3, 0.4) is 0 Å². The van der Waals surface area contributed by atoms with Crippen LogP contribution in [0.1, 0.15) is 5.56 Å². The molecule has 3 N–H and O–H groups in total. The van der Waals surface area contributed by atoms with E-state index in [1.807, 2.05) is 12.1 Å². The van der Waals surface area contributed by atoms with Crippen LogP contribution >= 0.6 is 0 Å². The molecule has 98 valence electrons. The number of rotatable bonds is 3. The average Bonchev–Trinajstić information content (AvgIpc) is 2.40. The molecular formula is C13H20N4O. The maximum Gasteiger partial charge on any atom is 0.123 e. The molecule has 2 atom stereocenters. The molecular weight excluding hydrogens is 228 g/mol. The largest absolute Gasteiger partial charge is 0.391 e. The van der Waals surface area contributed by atoms with Gasteiger partial charge >= 0.3 is 0 Å². The predicted octanol–water partition coefficient (Wildman–Crippen LogP) is -0.433. The van der Waals surface area contributed by atoms with Gasteiger partial charge in [-0.3, -0.25) is 9.80 Å². The third-order valence-electron chi connectivity index (χ3n) is 4.06. The van der Waals surface area contributed by atoms with Crippen LogP contribution in [0.4, 0.5) is 5.82 Å². The number of anilines is 1. The molecule has 0 saturated carbocycles. The van der Waals surface area contributed by atoms with E-state index >= 15 is 0 Å². The first kappa shape index (κ1) is 11.9. The van der Waals surface area contributed by atoms with Crippen molar-refractivity contribution in [3.05, 3.63) is 23.9 Å². The highest BCUT2D eigenvalue weighted by atomic mass is 16.3. The summed E-state index contributed by atoms with van der Waals surface area (Å²) in [5.41, 5.74) is 6.72. The van der Waals surface area contributed by atoms with Crippen molar-refractivity contribution in [1.82, 2.24) is 14.8 Å². The van der Waals surface area contributed by atoms with Crippen LogP contribution in [0.25, 0.3) is 0 Å². The molecule has 18 heavy (non-hydrogen) atoms. The Bertz CT molecular complexity index is 417. The number of nitrogen functional groups attached to an aromatic ring is 1. The summed E-state index contributed by atoms with van der Waals surface area (Å²) in [5.74, 6) is 0.522. The van der Waals surface area contributed by atoms with Gasteiger partial charge in [-0.15, -0.1) is 0 Å². The third-order valence-corrected chi connectivity index (χ3v) is 4.06. The van der Waals surface area contributed by atoms with Crippen LogP contribution in [-0.2, 0) is 6.42 Å². The Morgan fingerprint density at radius 2 is 2.17 bits per heavy atom. The predicted molar refractivity (Wildman–Crippen MR) is 70.2 cm³/mol. The number of nitrogens with two attached hydrogens (primary N) is 1. The summed E-state index contributed by atoms with van der Waals surface area (Å²) in [6.07, 6.45) is 2.03. The Kier molecular flexibility index (Phi) is 3.20. The monoisotopic (exact) mass is 248 g/mol. The lowest BCUT2D eigenvalue weighted by Crippen LogP contribution is -2.64. The maximum atomic E-state index is 10.4. The van der Waals surface area contributed by atoms with Crippen molar-refractivity contribution < 1.29 is 5.11 Å². The summed E-state index contributed by atoms with van der Waals surface area (Å²) in [7, 11) is 0. The lowest BCUT2D eigenvalue weighted by atomic mass is 9.97. The minimum atomic E-state index is -0.324. The minimum Gasteiger partial charge on any atom is -0.391 e. The van der Waals surface area contributed by atoms with Gasteiger partial charge in [0.05, 0.1) is 6.10 Å². The zero-order valence-electron chi connectivity index (χ0n) is 10.5. The SMILES string of the molecule is Nc1cc(CC(O)C2CN3CCN2CC3)ccn1. The van der Waals surface area contributed by atoms with Crippen molar-refractivity contribution in [2.75, 3.05) is 38.5 Å². The fourth-order valence-electron chi connectivity index (χ4n) is 3.02. The fourth-order valence-corrected chi connectivity index (χ4v) is 3.02. The Morgan fingerprint density at radius 3 is 2.78 bits per heavy atom. The van der Waals surface area contributed by atoms with Gasteiger partial charge in [-0.2, -0.15) is 0 Å². The first-order chi connectivity index (χ1) is 8.72. The van der Waals surface area contributed by atoms with Crippen molar-refractivity contribution in [3.63, 3.8) is 0 Å². The number of hydrogen-bond acceptors (Lipinski definition) is 5. The van der Waals surface area contributed by atoms with Gasteiger partial charge in [0.15, 0.2) is 0 Å². The van der Waals surface area contributed by atoms with E-state index in [2.05, 4.69) is 14.8 Å². The lowest BCUT2D eigenvalue weighted by molar-refractivity contribution is -0.0453. The van der Waals surface area contributed by atoms with Gasteiger partial charge in [0.1, 0.15) is 5.82 Å². The highest BCUT2D eigenvalue weighted by Crippen LogP contribution is 2.20. The maximum absolute atomic E-state index is 10.4. The first-order valence-electron chi connectivity index (χ1n) is 6.57. The first-order valence-corrected chi connectivity index (χ1v) is 6.57. The van der Waals surface area contributed by atoms with E-state index in [0.29, 0.717) is 12.2 Å². The van der Waals surface area contributed by atoms with Crippen molar-refractivity contribution in [3.8, 4) is 0 Å². The van der Waals surface area contributed by atoms with E-state index in [9.17, 15) is 5.11 Å². The molecule has 4 rings (SSSR count). The molecule has 0 aliphatic carbocycles. The highest BCUT2D eigenvalue weighted by Gasteiger charge is 2.35. The topological polar surface area (TPSA) is 65.6 Å². The van der Waals surface area contributed by atoms with Crippen molar-refractivity contribution in [2.24, 2.45) is 0 Å². The summed E-state index contributed by atoms with van der Waals surface area (Å²) in [5, 5.41) is 10.4. The summed E-state index contributed by atoms with van der Waals surface area (Å²) >= 11 is 0. The number of piperazine rings is 3. The van der Waals surface area contributed by atoms with Gasteiger partial charge in [0.2, 0.25) is 0 Å². The molecule has 3 aliphatic rings. The van der Waals surface area contributed by atoms with Gasteiger partial charge < -0.3 is 10.8 Å². The molecule has 0 aromatic carbocycles. The van der Waals surface area contributed by atoms with E-state index < -0.39 is 0 Å². The third kappa shape index (κ3) is 2.34. The van der Waals surface area contributed by atoms with E-state index in [1.54, 1.807) is 6.20 Å². The zero-order chi connectivity index (χ0) is 12.5. The van der Waals surface area contributed by atoms with Crippen molar-refractivity contribution in [1.29, 1.82) is 0 Å². The fraction of sp³-hybridized carbons (Fsp3) is 0.615. The second kappa shape index (κ2) is 4.84. The van der Waals surface area contributed by atoms with Crippen LogP contribution in [-0.4, -0.2) is 64.8 Å². The second-order valence-corrected chi connectivity index (χ2v) is 5.26. The van der Waals surface area contributed by atoms with E-state index in [-0.39, 0.29) is 12.1 Å². The highest BCUT2D eigenvalue weighted by molar-refractivity contribution is 5.32. The molecule has 1 aromatic heterocycles. The number of aliphatic hydroxyl groups is 1. The van der Waals surface area contributed by atoms with Gasteiger partial charge in [-0.1, -0.05) is 0 Å². The van der Waals surface area contributed by atoms with Crippen LogP contribution in [0, 0.1) is 0 Å². The molecule has 2 bridgehead atoms. The lowest BCUT2D eigenvalue weighted by Gasteiger charge is -2.49. The summed E-state index contributed by atoms with van der Waals surface area (Å²) in [6.45, 7) is 5.44. The molecule has 2 unspecified atom stereocenters. The standard InChI is InChI=1S/C13H20N4O/c14-13-8-10(1-2-15-13)7-12(18)11-9-16-3-5-17(11)6-4-16/h1-2,8,11-12,18H,3-7,9H2,(H2,14,15). The number of aromatic nitrogens is 1. The van der Waals surface area contributed by atoms with Crippen LogP contribution in [0.15, 0.2) is 18.3 Å². The number of hydrogen-bond donors (Lipinski definition) is 2. The summed E-state index contributed by atoms with van der Waals surface area (Å²) in [6, 6.07) is 4.04. The van der Waals surface area contributed by atoms with Crippen LogP contribution in [0.2, 0.25) is 0 Å². The van der Waals surface area contributed by atoms with Crippen molar-refractivity contribution in [2.45, 2.75) is 18.6 Å². The molecule has 3 aliphatic heterocycles. The smallest absolute Gasteiger partial charge is 0.123 e. The molecule has 3 fully saturated rings. The quantitative estimate of drug-likeness (QED) is 0.759. The Balaban J connectivity index is 1.66. The molecule has 5 nitrogen and oxygen atoms in total. The minimum absolute atomic E-state index is 0.266. The Hall–Kier alpha value is -1.17. The molecule has 3 saturated heterocycles. The van der Waals surface area contributed by atoms with Crippen LogP contribution < -0.4 is 5.73 Å². The van der Waals surface area contributed by atoms with E-state index in [1.165, 1.54) is 0 Å². The van der Waals surface area contributed by atoms with Crippen molar-refractivity contribution >= 4 is 5.82 Å². The molecule has 5 heteroatoms. The van der Waals surface area contributed by atoms with Gasteiger partial charge in [-0.25, -0.2) is 4.98 Å². The van der Waals surface area contributed by atoms with E-state index in [4.69, 9.17) is 5.73 Å². The molecule has 0 spiro atoms. The summed E-state index contributed by atoms with van der Waals surface area (Å²) < 4.78 is 0. The Labute approximate surface area is 107 Å². The van der Waals surface area contributed by atoms with Gasteiger partial charge in [-0.05, 0) is 17.7 Å². The van der Waals surface area contributed by atoms with E-state index in [0.717, 1.165) is 38.3 Å². The second-order valence-electron chi connectivity index (χ2n) is 5.26. The average molecular weight is 248 g/mol. The normalized spacial score (nSPS) is 32.4. The number of aliphatic hydroxyl groups excluding tert-OH is 1. The zero-order valence-corrected chi connectivity index (χ0v) is 10.5. The number of pyridine rings is 1. The number of nitrogens with zero attached hydrogens (tertiary/aromatic N) is 3. The van der Waals surface area contributed by atoms with Crippen LogP contribution in [0.5, 0.6) is 0 Å². The molecule has 4 heterocycles. The van der Waals surface area contributed by atoms with Gasteiger partial charge in [0, 0.05) is 51.4 Å². The van der Waals surface area contributed by atoms with Gasteiger partial charge in [0.25, 0.3) is 0 Å². The number of fused-ring (bicyclic) bond motifs is 3. The molecule has 1 aromatic rings. The molecule has 0 amide bonds.